The molecule has 1 saturated heterocycles. The summed E-state index contributed by atoms with van der Waals surface area (Å²) in [5.41, 5.74) is 1.08. The van der Waals surface area contributed by atoms with Gasteiger partial charge in [0.25, 0.3) is 5.91 Å². The van der Waals surface area contributed by atoms with Crippen molar-refractivity contribution >= 4 is 17.5 Å². The van der Waals surface area contributed by atoms with E-state index in [0.29, 0.717) is 11.6 Å². The molecule has 0 saturated carbocycles. The van der Waals surface area contributed by atoms with Gasteiger partial charge in [-0.05, 0) is 48.7 Å². The van der Waals surface area contributed by atoms with Crippen LogP contribution < -0.4 is 0 Å². The van der Waals surface area contributed by atoms with Crippen molar-refractivity contribution in [1.29, 1.82) is 0 Å². The number of pyridine rings is 1. The van der Waals surface area contributed by atoms with Gasteiger partial charge in [0.05, 0.1) is 11.6 Å². The number of hydrogen-bond acceptors (Lipinski definition) is 2. The quantitative estimate of drug-likeness (QED) is 0.803. The lowest BCUT2D eigenvalue weighted by molar-refractivity contribution is 0.0676. The van der Waals surface area contributed by atoms with Crippen LogP contribution in [0.5, 0.6) is 0 Å². The Kier molecular flexibility index (Phi) is 4.91. The first kappa shape index (κ1) is 15.9. The van der Waals surface area contributed by atoms with Crippen LogP contribution in [0.4, 0.5) is 4.39 Å². The Morgan fingerprint density at radius 3 is 2.74 bits per heavy atom. The molecule has 1 aromatic heterocycles. The summed E-state index contributed by atoms with van der Waals surface area (Å²) in [6.45, 7) is 0.623. The predicted octanol–water partition coefficient (Wildman–Crippen LogP) is 4.63. The van der Waals surface area contributed by atoms with Crippen molar-refractivity contribution in [3.63, 3.8) is 0 Å². The van der Waals surface area contributed by atoms with Crippen molar-refractivity contribution in [2.75, 3.05) is 6.54 Å². The summed E-state index contributed by atoms with van der Waals surface area (Å²) in [7, 11) is 0. The highest BCUT2D eigenvalue weighted by Crippen LogP contribution is 2.31. The summed E-state index contributed by atoms with van der Waals surface area (Å²) in [6, 6.07) is 7.90. The van der Waals surface area contributed by atoms with E-state index in [0.717, 1.165) is 31.2 Å². The van der Waals surface area contributed by atoms with Crippen LogP contribution in [0.2, 0.25) is 5.02 Å². The van der Waals surface area contributed by atoms with Gasteiger partial charge in [-0.15, -0.1) is 0 Å². The minimum Gasteiger partial charge on any atom is -0.332 e. The van der Waals surface area contributed by atoms with Crippen LogP contribution in [0.15, 0.2) is 42.7 Å². The Balaban J connectivity index is 1.96. The number of carbonyl (C=O) groups is 1. The van der Waals surface area contributed by atoms with Gasteiger partial charge in [-0.2, -0.15) is 0 Å². The maximum Gasteiger partial charge on any atom is 0.257 e. The fourth-order valence-electron chi connectivity index (χ4n) is 3.10. The third-order valence-electron chi connectivity index (χ3n) is 4.26. The number of carbonyl (C=O) groups excluding carboxylic acids is 1. The molecule has 1 aromatic carbocycles. The van der Waals surface area contributed by atoms with Gasteiger partial charge in [-0.25, -0.2) is 4.39 Å². The van der Waals surface area contributed by atoms with E-state index in [1.54, 1.807) is 17.3 Å². The fourth-order valence-corrected chi connectivity index (χ4v) is 3.27. The molecule has 120 valence electrons. The van der Waals surface area contributed by atoms with E-state index in [2.05, 4.69) is 4.98 Å². The molecule has 0 N–H and O–H groups in total. The molecule has 0 aliphatic carbocycles. The standard InChI is InChI=1S/C18H18ClFN2O/c19-14-5-6-16(20)15(12-14)18(23)22-11-3-1-2-4-17(22)13-7-9-21-10-8-13/h5-10,12,17H,1-4,11H2. The van der Waals surface area contributed by atoms with Gasteiger partial charge in [-0.1, -0.05) is 24.4 Å². The lowest BCUT2D eigenvalue weighted by Crippen LogP contribution is -2.35. The van der Waals surface area contributed by atoms with Crippen LogP contribution in [-0.4, -0.2) is 22.3 Å². The topological polar surface area (TPSA) is 33.2 Å². The Morgan fingerprint density at radius 1 is 1.17 bits per heavy atom. The van der Waals surface area contributed by atoms with Crippen molar-refractivity contribution in [3.05, 3.63) is 64.7 Å². The van der Waals surface area contributed by atoms with E-state index in [1.165, 1.54) is 18.2 Å². The molecule has 0 spiro atoms. The largest absolute Gasteiger partial charge is 0.332 e. The number of benzene rings is 1. The van der Waals surface area contributed by atoms with Crippen LogP contribution in [0.3, 0.4) is 0 Å². The van der Waals surface area contributed by atoms with E-state index < -0.39 is 5.82 Å². The minimum absolute atomic E-state index is 0.0402. The SMILES string of the molecule is O=C(c1cc(Cl)ccc1F)N1CCCCCC1c1ccncc1. The number of amides is 1. The zero-order chi connectivity index (χ0) is 16.2. The first-order valence-corrected chi connectivity index (χ1v) is 8.20. The zero-order valence-corrected chi connectivity index (χ0v) is 13.5. The Morgan fingerprint density at radius 2 is 1.96 bits per heavy atom. The number of aromatic nitrogens is 1. The summed E-state index contributed by atoms with van der Waals surface area (Å²) in [4.78, 5) is 18.7. The van der Waals surface area contributed by atoms with Gasteiger partial charge < -0.3 is 4.90 Å². The van der Waals surface area contributed by atoms with E-state index in [1.807, 2.05) is 12.1 Å². The molecule has 3 nitrogen and oxygen atoms in total. The first-order chi connectivity index (χ1) is 11.2. The molecule has 0 bridgehead atoms. The van der Waals surface area contributed by atoms with Crippen molar-refractivity contribution in [2.24, 2.45) is 0 Å². The molecule has 1 aliphatic rings. The second-order valence-electron chi connectivity index (χ2n) is 5.77. The molecule has 23 heavy (non-hydrogen) atoms. The Hall–Kier alpha value is -1.94. The molecule has 3 rings (SSSR count). The molecular weight excluding hydrogens is 315 g/mol. The summed E-state index contributed by atoms with van der Waals surface area (Å²) in [6.07, 6.45) is 7.37. The number of likely N-dealkylation sites (tertiary alicyclic amines) is 1. The minimum atomic E-state index is -0.530. The molecule has 1 atom stereocenters. The van der Waals surface area contributed by atoms with E-state index in [4.69, 9.17) is 11.6 Å². The number of hydrogen-bond donors (Lipinski definition) is 0. The van der Waals surface area contributed by atoms with Crippen LogP contribution in [0.1, 0.15) is 47.6 Å². The molecule has 1 aliphatic heterocycles. The van der Waals surface area contributed by atoms with Crippen molar-refractivity contribution < 1.29 is 9.18 Å². The van der Waals surface area contributed by atoms with Crippen molar-refractivity contribution in [1.82, 2.24) is 9.88 Å². The average Bonchev–Trinajstić information content (AvgIpc) is 2.83. The summed E-state index contributed by atoms with van der Waals surface area (Å²) in [5, 5.41) is 0.366. The molecule has 2 heterocycles. The van der Waals surface area contributed by atoms with Crippen LogP contribution in [0.25, 0.3) is 0 Å². The lowest BCUT2D eigenvalue weighted by atomic mass is 10.0. The second-order valence-corrected chi connectivity index (χ2v) is 6.20. The molecule has 1 amide bonds. The fraction of sp³-hybridized carbons (Fsp3) is 0.333. The highest BCUT2D eigenvalue weighted by molar-refractivity contribution is 6.31. The number of nitrogens with zero attached hydrogens (tertiary/aromatic N) is 2. The number of halogens is 2. The van der Waals surface area contributed by atoms with Gasteiger partial charge >= 0.3 is 0 Å². The monoisotopic (exact) mass is 332 g/mol. The summed E-state index contributed by atoms with van der Waals surface area (Å²) in [5.74, 6) is -0.828. The van der Waals surface area contributed by atoms with E-state index in [9.17, 15) is 9.18 Å². The second kappa shape index (κ2) is 7.09. The highest BCUT2D eigenvalue weighted by atomic mass is 35.5. The van der Waals surface area contributed by atoms with Gasteiger partial charge in [0.1, 0.15) is 5.82 Å². The predicted molar refractivity (Wildman–Crippen MR) is 87.9 cm³/mol. The summed E-state index contributed by atoms with van der Waals surface area (Å²) >= 11 is 5.94. The van der Waals surface area contributed by atoms with Gasteiger partial charge in [0.15, 0.2) is 0 Å². The number of rotatable bonds is 2. The van der Waals surface area contributed by atoms with E-state index >= 15 is 0 Å². The normalized spacial score (nSPS) is 18.5. The van der Waals surface area contributed by atoms with Crippen LogP contribution >= 0.6 is 11.6 Å². The third-order valence-corrected chi connectivity index (χ3v) is 4.50. The van der Waals surface area contributed by atoms with Crippen molar-refractivity contribution in [3.8, 4) is 0 Å². The highest BCUT2D eigenvalue weighted by Gasteiger charge is 2.29. The Bertz CT molecular complexity index is 693. The van der Waals surface area contributed by atoms with Gasteiger partial charge in [0.2, 0.25) is 0 Å². The maximum atomic E-state index is 14.1. The zero-order valence-electron chi connectivity index (χ0n) is 12.7. The summed E-state index contributed by atoms with van der Waals surface area (Å²) < 4.78 is 14.1. The van der Waals surface area contributed by atoms with Gasteiger partial charge in [0, 0.05) is 24.0 Å². The molecule has 0 radical (unpaired) electrons. The van der Waals surface area contributed by atoms with Crippen molar-refractivity contribution in [2.45, 2.75) is 31.7 Å². The smallest absolute Gasteiger partial charge is 0.257 e. The molecule has 1 unspecified atom stereocenters. The average molecular weight is 333 g/mol. The van der Waals surface area contributed by atoms with E-state index in [-0.39, 0.29) is 17.5 Å². The molecule has 1 fully saturated rings. The first-order valence-electron chi connectivity index (χ1n) is 7.83. The lowest BCUT2D eigenvalue weighted by Gasteiger charge is -2.30. The maximum absolute atomic E-state index is 14.1. The Labute approximate surface area is 140 Å². The molecule has 5 heteroatoms. The van der Waals surface area contributed by atoms with Crippen LogP contribution in [-0.2, 0) is 0 Å². The molecule has 2 aromatic rings. The molecular formula is C18H18ClFN2O. The third kappa shape index (κ3) is 3.53. The van der Waals surface area contributed by atoms with Gasteiger partial charge in [-0.3, -0.25) is 9.78 Å². The van der Waals surface area contributed by atoms with Crippen LogP contribution in [0, 0.1) is 5.82 Å².